The van der Waals surface area contributed by atoms with Crippen molar-refractivity contribution in [3.8, 4) is 0 Å². The van der Waals surface area contributed by atoms with Crippen molar-refractivity contribution in [1.82, 2.24) is 20.9 Å². The second-order valence-electron chi connectivity index (χ2n) is 8.22. The van der Waals surface area contributed by atoms with Gasteiger partial charge in [-0.25, -0.2) is 0 Å². The number of aliphatic imine (C=N–C) groups is 1. The van der Waals surface area contributed by atoms with E-state index in [1.54, 1.807) is 0 Å². The summed E-state index contributed by atoms with van der Waals surface area (Å²) >= 11 is 0. The highest BCUT2D eigenvalue weighted by Crippen LogP contribution is 2.26. The minimum absolute atomic E-state index is 0. The molecule has 1 aliphatic carbocycles. The van der Waals surface area contributed by atoms with E-state index in [0.717, 1.165) is 31.5 Å². The molecule has 2 rings (SSSR count). The summed E-state index contributed by atoms with van der Waals surface area (Å²) in [7, 11) is 1.86. The van der Waals surface area contributed by atoms with Gasteiger partial charge in [-0.05, 0) is 46.0 Å². The van der Waals surface area contributed by atoms with Gasteiger partial charge in [-0.15, -0.1) is 24.0 Å². The molecule has 2 fully saturated rings. The van der Waals surface area contributed by atoms with Crippen molar-refractivity contribution in [1.29, 1.82) is 0 Å². The van der Waals surface area contributed by atoms with Crippen molar-refractivity contribution in [2.24, 2.45) is 10.9 Å². The van der Waals surface area contributed by atoms with E-state index >= 15 is 0 Å². The van der Waals surface area contributed by atoms with Crippen LogP contribution in [0.15, 0.2) is 4.99 Å². The first-order chi connectivity index (χ1) is 11.0. The third-order valence-electron chi connectivity index (χ3n) is 4.90. The summed E-state index contributed by atoms with van der Waals surface area (Å²) in [4.78, 5) is 7.00. The van der Waals surface area contributed by atoms with Crippen molar-refractivity contribution in [3.63, 3.8) is 0 Å². The fourth-order valence-electron chi connectivity index (χ4n) is 3.68. The van der Waals surface area contributed by atoms with E-state index in [1.165, 1.54) is 45.2 Å². The molecular weight excluding hydrogens is 413 g/mol. The molecule has 0 radical (unpaired) electrons. The maximum Gasteiger partial charge on any atom is 0.191 e. The summed E-state index contributed by atoms with van der Waals surface area (Å²) in [6, 6.07) is 0.540. The number of nitrogens with zero attached hydrogens (tertiary/aromatic N) is 2. The van der Waals surface area contributed by atoms with Crippen molar-refractivity contribution >= 4 is 29.9 Å². The van der Waals surface area contributed by atoms with Gasteiger partial charge in [-0.1, -0.05) is 12.8 Å². The average molecular weight is 451 g/mol. The van der Waals surface area contributed by atoms with Gasteiger partial charge in [0.05, 0.1) is 0 Å². The summed E-state index contributed by atoms with van der Waals surface area (Å²) in [6.45, 7) is 12.1. The predicted octanol–water partition coefficient (Wildman–Crippen LogP) is 2.42. The van der Waals surface area contributed by atoms with Gasteiger partial charge in [0.15, 0.2) is 5.96 Å². The Labute approximate surface area is 165 Å². The zero-order chi connectivity index (χ0) is 16.7. The molecule has 1 aliphatic heterocycles. The minimum atomic E-state index is 0. The Morgan fingerprint density at radius 3 is 2.46 bits per heavy atom. The number of likely N-dealkylation sites (tertiary alicyclic amines) is 1. The topological polar surface area (TPSA) is 51.7 Å². The van der Waals surface area contributed by atoms with Crippen LogP contribution in [0, 0.1) is 5.92 Å². The predicted molar refractivity (Wildman–Crippen MR) is 114 cm³/mol. The molecule has 1 unspecified atom stereocenters. The Morgan fingerprint density at radius 1 is 1.12 bits per heavy atom. The normalized spacial score (nSPS) is 23.3. The Morgan fingerprint density at radius 2 is 1.83 bits per heavy atom. The number of guanidine groups is 1. The zero-order valence-electron chi connectivity index (χ0n) is 16.0. The third kappa shape index (κ3) is 8.34. The largest absolute Gasteiger partial charge is 0.355 e. The van der Waals surface area contributed by atoms with Crippen LogP contribution in [-0.2, 0) is 0 Å². The average Bonchev–Trinajstić information content (AvgIpc) is 3.13. The number of hydrogen-bond acceptors (Lipinski definition) is 3. The molecule has 0 aromatic rings. The highest BCUT2D eigenvalue weighted by atomic mass is 127. The molecule has 1 saturated heterocycles. The Kier molecular flexibility index (Phi) is 9.89. The number of hydrogen-bond donors (Lipinski definition) is 3. The quantitative estimate of drug-likeness (QED) is 0.251. The van der Waals surface area contributed by atoms with Crippen LogP contribution in [0.3, 0.4) is 0 Å². The van der Waals surface area contributed by atoms with E-state index in [0.29, 0.717) is 6.04 Å². The summed E-state index contributed by atoms with van der Waals surface area (Å²) in [5, 5.41) is 10.5. The summed E-state index contributed by atoms with van der Waals surface area (Å²) in [5.41, 5.74) is 0.171. The zero-order valence-corrected chi connectivity index (χ0v) is 18.4. The van der Waals surface area contributed by atoms with Gasteiger partial charge in [-0.2, -0.15) is 0 Å². The molecule has 6 heteroatoms. The van der Waals surface area contributed by atoms with Gasteiger partial charge in [0.2, 0.25) is 0 Å². The molecular formula is C18H38IN5. The lowest BCUT2D eigenvalue weighted by Crippen LogP contribution is -2.47. The van der Waals surface area contributed by atoms with E-state index < -0.39 is 0 Å². The van der Waals surface area contributed by atoms with Gasteiger partial charge < -0.3 is 20.9 Å². The third-order valence-corrected chi connectivity index (χ3v) is 4.90. The smallest absolute Gasteiger partial charge is 0.191 e. The molecule has 0 bridgehead atoms. The highest BCUT2D eigenvalue weighted by molar-refractivity contribution is 14.0. The lowest BCUT2D eigenvalue weighted by atomic mass is 10.1. The van der Waals surface area contributed by atoms with Crippen LogP contribution in [0.5, 0.6) is 0 Å². The summed E-state index contributed by atoms with van der Waals surface area (Å²) < 4.78 is 0. The molecule has 0 aromatic carbocycles. The van der Waals surface area contributed by atoms with Gasteiger partial charge in [0, 0.05) is 51.4 Å². The van der Waals surface area contributed by atoms with Gasteiger partial charge in [0.25, 0.3) is 0 Å². The van der Waals surface area contributed by atoms with Crippen LogP contribution < -0.4 is 16.0 Å². The molecule has 2 aliphatic rings. The van der Waals surface area contributed by atoms with E-state index in [9.17, 15) is 0 Å². The summed E-state index contributed by atoms with van der Waals surface area (Å²) in [5.74, 6) is 1.89. The number of nitrogens with one attached hydrogen (secondary N) is 3. The maximum atomic E-state index is 4.36. The van der Waals surface area contributed by atoms with Gasteiger partial charge in [-0.3, -0.25) is 4.99 Å². The lowest BCUT2D eigenvalue weighted by Gasteiger charge is -2.23. The van der Waals surface area contributed by atoms with Crippen LogP contribution in [0.2, 0.25) is 0 Å². The SMILES string of the molecule is CN=C(NCCNC(C)(C)C)NC1CCN(CC2CCCC2)C1.I. The maximum absolute atomic E-state index is 4.36. The Balaban J connectivity index is 0.00000288. The minimum Gasteiger partial charge on any atom is -0.355 e. The second kappa shape index (κ2) is 10.8. The first-order valence-corrected chi connectivity index (χ1v) is 9.41. The fraction of sp³-hybridized carbons (Fsp3) is 0.944. The van der Waals surface area contributed by atoms with E-state index in [2.05, 4.69) is 46.6 Å². The Bertz CT molecular complexity index is 374. The second-order valence-corrected chi connectivity index (χ2v) is 8.22. The van der Waals surface area contributed by atoms with Crippen molar-refractivity contribution in [2.45, 2.75) is 64.5 Å². The van der Waals surface area contributed by atoms with Crippen LogP contribution in [0.25, 0.3) is 0 Å². The molecule has 24 heavy (non-hydrogen) atoms. The van der Waals surface area contributed by atoms with Crippen LogP contribution in [-0.4, -0.2) is 62.2 Å². The monoisotopic (exact) mass is 451 g/mol. The van der Waals surface area contributed by atoms with Crippen molar-refractivity contribution in [3.05, 3.63) is 0 Å². The van der Waals surface area contributed by atoms with Crippen molar-refractivity contribution in [2.75, 3.05) is 39.8 Å². The molecule has 1 heterocycles. The molecule has 142 valence electrons. The first-order valence-electron chi connectivity index (χ1n) is 9.41. The molecule has 0 aromatic heterocycles. The lowest BCUT2D eigenvalue weighted by molar-refractivity contribution is 0.275. The number of rotatable bonds is 6. The van der Waals surface area contributed by atoms with E-state index in [-0.39, 0.29) is 29.5 Å². The standard InChI is InChI=1S/C18H37N5.HI/c1-18(2,3)21-11-10-20-17(19-4)22-16-9-12-23(14-16)13-15-7-5-6-8-15;/h15-16,21H,5-14H2,1-4H3,(H2,19,20,22);1H. The first kappa shape index (κ1) is 22.0. The molecule has 1 atom stereocenters. The molecule has 0 amide bonds. The molecule has 3 N–H and O–H groups in total. The van der Waals surface area contributed by atoms with Crippen LogP contribution in [0.4, 0.5) is 0 Å². The number of halogens is 1. The molecule has 1 saturated carbocycles. The van der Waals surface area contributed by atoms with Gasteiger partial charge in [0.1, 0.15) is 0 Å². The van der Waals surface area contributed by atoms with E-state index in [4.69, 9.17) is 0 Å². The van der Waals surface area contributed by atoms with E-state index in [1.807, 2.05) is 7.05 Å². The highest BCUT2D eigenvalue weighted by Gasteiger charge is 2.26. The summed E-state index contributed by atoms with van der Waals surface area (Å²) in [6.07, 6.45) is 7.00. The molecule has 5 nitrogen and oxygen atoms in total. The molecule has 0 spiro atoms. The van der Waals surface area contributed by atoms with Gasteiger partial charge >= 0.3 is 0 Å². The van der Waals surface area contributed by atoms with Crippen LogP contribution in [0.1, 0.15) is 52.9 Å². The Hall–Kier alpha value is -0.0800. The fourth-order valence-corrected chi connectivity index (χ4v) is 3.68. The van der Waals surface area contributed by atoms with Crippen molar-refractivity contribution < 1.29 is 0 Å². The van der Waals surface area contributed by atoms with Crippen LogP contribution >= 0.6 is 24.0 Å².